The molecular formula is C11H10N2O. The van der Waals surface area contributed by atoms with Crippen LogP contribution in [0.1, 0.15) is 15.9 Å². The molecule has 0 fully saturated rings. The van der Waals surface area contributed by atoms with Gasteiger partial charge < -0.3 is 4.57 Å². The molecule has 14 heavy (non-hydrogen) atoms. The van der Waals surface area contributed by atoms with E-state index in [-0.39, 0.29) is 5.78 Å². The van der Waals surface area contributed by atoms with Crippen LogP contribution in [0.4, 0.5) is 0 Å². The molecule has 0 spiro atoms. The zero-order valence-electron chi connectivity index (χ0n) is 7.84. The minimum atomic E-state index is 0.0127. The van der Waals surface area contributed by atoms with Crippen LogP contribution in [0.2, 0.25) is 0 Å². The summed E-state index contributed by atoms with van der Waals surface area (Å²) in [6.45, 7) is 0. The predicted octanol–water partition coefficient (Wildman–Crippen LogP) is 1.65. The molecule has 0 aromatic carbocycles. The van der Waals surface area contributed by atoms with Crippen molar-refractivity contribution in [1.82, 2.24) is 9.55 Å². The predicted molar refractivity (Wildman–Crippen MR) is 53.1 cm³/mol. The number of hydrogen-bond donors (Lipinski definition) is 0. The van der Waals surface area contributed by atoms with Gasteiger partial charge in [-0.05, 0) is 18.2 Å². The fourth-order valence-electron chi connectivity index (χ4n) is 1.30. The fraction of sp³-hybridized carbons (Fsp3) is 0.0909. The van der Waals surface area contributed by atoms with Gasteiger partial charge in [0.15, 0.2) is 5.78 Å². The summed E-state index contributed by atoms with van der Waals surface area (Å²) in [5.41, 5.74) is 1.32. The van der Waals surface area contributed by atoms with Crippen molar-refractivity contribution in [3.8, 4) is 0 Å². The third-order valence-corrected chi connectivity index (χ3v) is 2.02. The number of aryl methyl sites for hydroxylation is 1. The molecule has 0 aliphatic heterocycles. The fourth-order valence-corrected chi connectivity index (χ4v) is 1.30. The lowest BCUT2D eigenvalue weighted by atomic mass is 10.1. The molecule has 0 atom stereocenters. The molecule has 2 heterocycles. The Balaban J connectivity index is 2.34. The minimum Gasteiger partial charge on any atom is -0.357 e. The summed E-state index contributed by atoms with van der Waals surface area (Å²) in [5, 5.41) is 0. The minimum absolute atomic E-state index is 0.0127. The molecule has 0 aliphatic carbocycles. The average Bonchev–Trinajstić information content (AvgIpc) is 2.65. The van der Waals surface area contributed by atoms with Crippen LogP contribution in [0.3, 0.4) is 0 Å². The van der Waals surface area contributed by atoms with Gasteiger partial charge in [0.2, 0.25) is 0 Å². The molecule has 0 radical (unpaired) electrons. The normalized spacial score (nSPS) is 10.1. The van der Waals surface area contributed by atoms with E-state index in [4.69, 9.17) is 0 Å². The summed E-state index contributed by atoms with van der Waals surface area (Å²) in [4.78, 5) is 15.7. The van der Waals surface area contributed by atoms with Gasteiger partial charge in [-0.15, -0.1) is 0 Å². The second-order valence-electron chi connectivity index (χ2n) is 3.14. The Morgan fingerprint density at radius 2 is 2.21 bits per heavy atom. The standard InChI is InChI=1S/C11H10N2O/c1-13-6-4-10(8-13)11(14)9-3-2-5-12-7-9/h2-8H,1H3. The van der Waals surface area contributed by atoms with Crippen LogP contribution in [0.15, 0.2) is 43.0 Å². The Morgan fingerprint density at radius 3 is 2.79 bits per heavy atom. The molecule has 0 aliphatic rings. The van der Waals surface area contributed by atoms with E-state index >= 15 is 0 Å². The second kappa shape index (κ2) is 3.46. The Hall–Kier alpha value is -1.90. The highest BCUT2D eigenvalue weighted by atomic mass is 16.1. The number of pyridine rings is 1. The maximum atomic E-state index is 11.8. The van der Waals surface area contributed by atoms with Gasteiger partial charge in [0, 0.05) is 43.0 Å². The molecule has 0 saturated carbocycles. The summed E-state index contributed by atoms with van der Waals surface area (Å²) in [7, 11) is 1.89. The Morgan fingerprint density at radius 1 is 1.36 bits per heavy atom. The van der Waals surface area contributed by atoms with E-state index in [1.165, 1.54) is 0 Å². The SMILES string of the molecule is Cn1ccc(C(=O)c2cccnc2)c1. The first-order valence-corrected chi connectivity index (χ1v) is 4.34. The van der Waals surface area contributed by atoms with Crippen molar-refractivity contribution in [3.05, 3.63) is 54.1 Å². The molecule has 2 aromatic heterocycles. The van der Waals surface area contributed by atoms with Crippen LogP contribution in [0, 0.1) is 0 Å². The van der Waals surface area contributed by atoms with E-state index in [1.54, 1.807) is 36.8 Å². The summed E-state index contributed by atoms with van der Waals surface area (Å²) >= 11 is 0. The van der Waals surface area contributed by atoms with Gasteiger partial charge in [0.05, 0.1) is 0 Å². The van der Waals surface area contributed by atoms with E-state index in [1.807, 2.05) is 17.8 Å². The third kappa shape index (κ3) is 1.57. The molecule has 2 rings (SSSR count). The van der Waals surface area contributed by atoms with Crippen LogP contribution in [-0.4, -0.2) is 15.3 Å². The summed E-state index contributed by atoms with van der Waals surface area (Å²) in [5.74, 6) is 0.0127. The molecule has 3 nitrogen and oxygen atoms in total. The van der Waals surface area contributed by atoms with Crippen molar-refractivity contribution in [2.45, 2.75) is 0 Å². The van der Waals surface area contributed by atoms with Crippen LogP contribution in [-0.2, 0) is 7.05 Å². The second-order valence-corrected chi connectivity index (χ2v) is 3.14. The highest BCUT2D eigenvalue weighted by molar-refractivity contribution is 6.08. The van der Waals surface area contributed by atoms with Gasteiger partial charge >= 0.3 is 0 Å². The Bertz CT molecular complexity index is 445. The van der Waals surface area contributed by atoms with Crippen LogP contribution >= 0.6 is 0 Å². The average molecular weight is 186 g/mol. The number of carbonyl (C=O) groups excluding carboxylic acids is 1. The van der Waals surface area contributed by atoms with Gasteiger partial charge in [-0.2, -0.15) is 0 Å². The maximum absolute atomic E-state index is 11.8. The number of rotatable bonds is 2. The summed E-state index contributed by atoms with van der Waals surface area (Å²) < 4.78 is 1.85. The quantitative estimate of drug-likeness (QED) is 0.668. The first kappa shape index (κ1) is 8.69. The molecule has 2 aromatic rings. The molecule has 0 amide bonds. The van der Waals surface area contributed by atoms with Crippen molar-refractivity contribution in [2.75, 3.05) is 0 Å². The smallest absolute Gasteiger partial charge is 0.196 e. The number of nitrogens with zero attached hydrogens (tertiary/aromatic N) is 2. The number of ketones is 1. The van der Waals surface area contributed by atoms with Gasteiger partial charge in [0.25, 0.3) is 0 Å². The first-order valence-electron chi connectivity index (χ1n) is 4.34. The molecule has 3 heteroatoms. The topological polar surface area (TPSA) is 34.9 Å². The molecule has 0 saturated heterocycles. The molecule has 0 bridgehead atoms. The third-order valence-electron chi connectivity index (χ3n) is 2.02. The molecule has 0 unspecified atom stereocenters. The number of aromatic nitrogens is 2. The van der Waals surface area contributed by atoms with Gasteiger partial charge in [0.1, 0.15) is 0 Å². The van der Waals surface area contributed by atoms with E-state index < -0.39 is 0 Å². The highest BCUT2D eigenvalue weighted by Crippen LogP contribution is 2.08. The van der Waals surface area contributed by atoms with Crippen molar-refractivity contribution in [1.29, 1.82) is 0 Å². The zero-order valence-corrected chi connectivity index (χ0v) is 7.84. The first-order chi connectivity index (χ1) is 6.77. The lowest BCUT2D eigenvalue weighted by molar-refractivity contribution is 0.103. The van der Waals surface area contributed by atoms with E-state index in [2.05, 4.69) is 4.98 Å². The maximum Gasteiger partial charge on any atom is 0.196 e. The lowest BCUT2D eigenvalue weighted by Crippen LogP contribution is -1.99. The van der Waals surface area contributed by atoms with Crippen LogP contribution in [0.5, 0.6) is 0 Å². The summed E-state index contributed by atoms with van der Waals surface area (Å²) in [6.07, 6.45) is 6.88. The van der Waals surface area contributed by atoms with Gasteiger partial charge in [-0.25, -0.2) is 0 Å². The van der Waals surface area contributed by atoms with Crippen molar-refractivity contribution in [3.63, 3.8) is 0 Å². The van der Waals surface area contributed by atoms with Gasteiger partial charge in [-0.3, -0.25) is 9.78 Å². The largest absolute Gasteiger partial charge is 0.357 e. The van der Waals surface area contributed by atoms with E-state index in [9.17, 15) is 4.79 Å². The van der Waals surface area contributed by atoms with Crippen LogP contribution < -0.4 is 0 Å². The van der Waals surface area contributed by atoms with E-state index in [0.29, 0.717) is 11.1 Å². The van der Waals surface area contributed by atoms with Crippen LogP contribution in [0.25, 0.3) is 0 Å². The lowest BCUT2D eigenvalue weighted by Gasteiger charge is -1.95. The van der Waals surface area contributed by atoms with Crippen molar-refractivity contribution in [2.24, 2.45) is 7.05 Å². The van der Waals surface area contributed by atoms with Gasteiger partial charge in [-0.1, -0.05) is 0 Å². The highest BCUT2D eigenvalue weighted by Gasteiger charge is 2.08. The zero-order chi connectivity index (χ0) is 9.97. The molecule has 70 valence electrons. The van der Waals surface area contributed by atoms with Crippen molar-refractivity contribution < 1.29 is 4.79 Å². The number of hydrogen-bond acceptors (Lipinski definition) is 2. The van der Waals surface area contributed by atoms with Crippen molar-refractivity contribution >= 4 is 5.78 Å². The molecule has 0 N–H and O–H groups in total. The monoisotopic (exact) mass is 186 g/mol. The summed E-state index contributed by atoms with van der Waals surface area (Å²) in [6, 6.07) is 5.33. The Kier molecular flexibility index (Phi) is 2.14. The number of carbonyl (C=O) groups is 1. The Labute approximate surface area is 82.0 Å². The molecular weight excluding hydrogens is 176 g/mol. The van der Waals surface area contributed by atoms with E-state index in [0.717, 1.165) is 0 Å².